The number of likely N-dealkylation sites (tertiary alicyclic amines) is 1. The Morgan fingerprint density at radius 3 is 2.63 bits per heavy atom. The van der Waals surface area contributed by atoms with Crippen LogP contribution in [-0.4, -0.2) is 75.9 Å². The number of aliphatic hydroxyl groups is 1. The number of carbonyl (C=O) groups excluding carboxylic acids is 4. The molecule has 3 amide bonds. The number of rotatable bonds is 10. The normalized spacial score (nSPS) is 17.7. The molecule has 3 unspecified atom stereocenters. The molecular formula is C28H32N6O6S. The van der Waals surface area contributed by atoms with Gasteiger partial charge in [-0.3, -0.25) is 24.7 Å². The van der Waals surface area contributed by atoms with Gasteiger partial charge in [-0.05, 0) is 30.5 Å². The number of thiazole rings is 1. The van der Waals surface area contributed by atoms with Crippen LogP contribution in [0.3, 0.4) is 0 Å². The van der Waals surface area contributed by atoms with Crippen LogP contribution in [0.1, 0.15) is 41.6 Å². The number of nitrogens with one attached hydrogen (secondary N) is 2. The number of aromatic nitrogens is 1. The Morgan fingerprint density at radius 1 is 1.17 bits per heavy atom. The summed E-state index contributed by atoms with van der Waals surface area (Å²) in [6.07, 6.45) is -0.949. The van der Waals surface area contributed by atoms with Crippen LogP contribution in [-0.2, 0) is 20.9 Å². The smallest absolute Gasteiger partial charge is 0.414 e. The molecule has 1 fully saturated rings. The number of hydrogen-bond acceptors (Lipinski definition) is 9. The molecule has 2 heterocycles. The second-order valence-electron chi connectivity index (χ2n) is 9.58. The monoisotopic (exact) mass is 580 g/mol. The molecule has 12 nitrogen and oxygen atoms in total. The van der Waals surface area contributed by atoms with Crippen LogP contribution in [0.25, 0.3) is 10.2 Å². The topological polar surface area (TPSA) is 176 Å². The lowest BCUT2D eigenvalue weighted by atomic mass is 10.1. The van der Waals surface area contributed by atoms with Crippen molar-refractivity contribution in [3.05, 3.63) is 65.2 Å². The number of guanidine groups is 1. The van der Waals surface area contributed by atoms with E-state index in [1.54, 1.807) is 6.07 Å². The molecule has 41 heavy (non-hydrogen) atoms. The minimum atomic E-state index is -0.949. The minimum Gasteiger partial charge on any atom is -0.444 e. The summed E-state index contributed by atoms with van der Waals surface area (Å²) in [5.74, 6) is -1.37. The summed E-state index contributed by atoms with van der Waals surface area (Å²) in [4.78, 5) is 60.5. The van der Waals surface area contributed by atoms with Crippen LogP contribution < -0.4 is 16.4 Å². The number of ether oxygens (including phenoxy) is 1. The highest BCUT2D eigenvalue weighted by Gasteiger charge is 2.39. The number of aliphatic imine (C=N–C) groups is 1. The lowest BCUT2D eigenvalue weighted by molar-refractivity contribution is -0.137. The fourth-order valence-electron chi connectivity index (χ4n) is 4.47. The Bertz CT molecular complexity index is 1390. The minimum absolute atomic E-state index is 0.0542. The van der Waals surface area contributed by atoms with Gasteiger partial charge in [0.25, 0.3) is 0 Å². The van der Waals surface area contributed by atoms with E-state index < -0.39 is 30.2 Å². The van der Waals surface area contributed by atoms with E-state index >= 15 is 0 Å². The van der Waals surface area contributed by atoms with Crippen LogP contribution >= 0.6 is 11.3 Å². The van der Waals surface area contributed by atoms with E-state index in [1.807, 2.05) is 48.5 Å². The van der Waals surface area contributed by atoms with Crippen molar-refractivity contribution in [2.24, 2.45) is 10.7 Å². The zero-order chi connectivity index (χ0) is 29.4. The summed E-state index contributed by atoms with van der Waals surface area (Å²) >= 11 is 1.23. The molecule has 0 aliphatic carbocycles. The van der Waals surface area contributed by atoms with Gasteiger partial charge in [0.1, 0.15) is 12.6 Å². The van der Waals surface area contributed by atoms with Crippen molar-refractivity contribution in [3.8, 4) is 0 Å². The number of benzene rings is 2. The van der Waals surface area contributed by atoms with Gasteiger partial charge >= 0.3 is 6.09 Å². The first-order chi connectivity index (χ1) is 19.7. The average molecular weight is 581 g/mol. The molecule has 1 saturated heterocycles. The fourth-order valence-corrected chi connectivity index (χ4v) is 5.43. The molecule has 0 saturated carbocycles. The number of aliphatic hydroxyl groups excluding tert-OH is 1. The van der Waals surface area contributed by atoms with Crippen molar-refractivity contribution in [3.63, 3.8) is 0 Å². The van der Waals surface area contributed by atoms with Crippen LogP contribution in [0, 0.1) is 0 Å². The molecule has 2 aromatic carbocycles. The first kappa shape index (κ1) is 29.6. The number of Topliss-reactive ketones (excluding diaryl/α,β-unsaturated/α-hetero) is 1. The van der Waals surface area contributed by atoms with E-state index in [1.165, 1.54) is 23.2 Å². The molecule has 1 aromatic heterocycles. The number of ketones is 1. The number of para-hydroxylation sites is 1. The maximum atomic E-state index is 13.5. The summed E-state index contributed by atoms with van der Waals surface area (Å²) in [7, 11) is 0. The van der Waals surface area contributed by atoms with Crippen LogP contribution in [0.4, 0.5) is 4.79 Å². The quantitative estimate of drug-likeness (QED) is 0.122. The third-order valence-corrected chi connectivity index (χ3v) is 7.55. The van der Waals surface area contributed by atoms with Gasteiger partial charge < -0.3 is 25.8 Å². The Kier molecular flexibility index (Phi) is 9.98. The van der Waals surface area contributed by atoms with Gasteiger partial charge in [0.05, 0.1) is 22.4 Å². The Morgan fingerprint density at radius 2 is 1.90 bits per heavy atom. The number of alkyl carbamates (subject to hydrolysis) is 1. The molecule has 0 radical (unpaired) electrons. The average Bonchev–Trinajstić information content (AvgIpc) is 3.57. The van der Waals surface area contributed by atoms with Crippen molar-refractivity contribution in [1.82, 2.24) is 20.5 Å². The third-order valence-electron chi connectivity index (χ3n) is 6.50. The maximum Gasteiger partial charge on any atom is 0.414 e. The summed E-state index contributed by atoms with van der Waals surface area (Å²) in [6, 6.07) is 14.7. The van der Waals surface area contributed by atoms with Crippen molar-refractivity contribution >= 4 is 51.2 Å². The molecule has 0 bridgehead atoms. The largest absolute Gasteiger partial charge is 0.444 e. The highest BCUT2D eigenvalue weighted by Crippen LogP contribution is 2.24. The van der Waals surface area contributed by atoms with Gasteiger partial charge in [-0.1, -0.05) is 42.5 Å². The highest BCUT2D eigenvalue weighted by molar-refractivity contribution is 7.20. The number of amides is 3. The molecule has 216 valence electrons. The first-order valence-corrected chi connectivity index (χ1v) is 14.0. The predicted octanol–water partition coefficient (Wildman–Crippen LogP) is 1.97. The molecule has 0 spiro atoms. The number of carbonyl (C=O) groups is 4. The zero-order valence-corrected chi connectivity index (χ0v) is 23.3. The highest BCUT2D eigenvalue weighted by atomic mass is 32.1. The van der Waals surface area contributed by atoms with E-state index in [0.29, 0.717) is 11.9 Å². The lowest BCUT2D eigenvalue weighted by Crippen LogP contribution is -2.50. The fraction of sp³-hybridized carbons (Fsp3) is 0.357. The van der Waals surface area contributed by atoms with Crippen LogP contribution in [0.15, 0.2) is 59.6 Å². The second kappa shape index (κ2) is 13.8. The molecule has 1 aliphatic heterocycles. The number of β-amino-alcohol motifs (C(OH)–C–C–N with tert-alkyl or cyclic N) is 1. The molecule has 4 rings (SSSR count). The zero-order valence-electron chi connectivity index (χ0n) is 22.5. The van der Waals surface area contributed by atoms with Crippen molar-refractivity contribution < 1.29 is 29.0 Å². The van der Waals surface area contributed by atoms with Gasteiger partial charge in [0, 0.05) is 26.4 Å². The SMILES string of the molecule is CC(=O)N1CC(O)CC1C(=O)NC(CCCN=C(N)NC(=O)OCc1ccccc1)C(=O)c1nc2ccccc2s1. The second-order valence-corrected chi connectivity index (χ2v) is 10.6. The van der Waals surface area contributed by atoms with Gasteiger partial charge in [-0.2, -0.15) is 0 Å². The van der Waals surface area contributed by atoms with Crippen molar-refractivity contribution in [2.45, 2.75) is 51.0 Å². The molecular weight excluding hydrogens is 548 g/mol. The molecule has 5 N–H and O–H groups in total. The van der Waals surface area contributed by atoms with Crippen LogP contribution in [0.5, 0.6) is 0 Å². The van der Waals surface area contributed by atoms with Gasteiger partial charge in [-0.15, -0.1) is 11.3 Å². The summed E-state index contributed by atoms with van der Waals surface area (Å²) in [5, 5.41) is 15.4. The number of nitrogens with zero attached hydrogens (tertiary/aromatic N) is 3. The van der Waals surface area contributed by atoms with Crippen molar-refractivity contribution in [1.29, 1.82) is 0 Å². The van der Waals surface area contributed by atoms with E-state index in [0.717, 1.165) is 10.3 Å². The number of fused-ring (bicyclic) bond motifs is 1. The Balaban J connectivity index is 1.37. The summed E-state index contributed by atoms with van der Waals surface area (Å²) < 4.78 is 5.96. The molecule has 3 aromatic rings. The van der Waals surface area contributed by atoms with E-state index in [4.69, 9.17) is 10.5 Å². The van der Waals surface area contributed by atoms with E-state index in [-0.39, 0.29) is 55.2 Å². The molecule has 3 atom stereocenters. The van der Waals surface area contributed by atoms with E-state index in [9.17, 15) is 24.3 Å². The standard InChI is InChI=1S/C28H32N6O6S/c1-17(35)34-15-19(36)14-22(34)25(38)31-21(24(37)26-32-20-10-5-6-12-23(20)41-26)11-7-13-30-27(29)33-28(39)40-16-18-8-3-2-4-9-18/h2-6,8-10,12,19,21-22,36H,7,11,13-16H2,1H3,(H,31,38)(H3,29,30,33,39). The lowest BCUT2D eigenvalue weighted by Gasteiger charge is -2.24. The third kappa shape index (κ3) is 8.08. The van der Waals surface area contributed by atoms with Gasteiger partial charge in [-0.25, -0.2) is 9.78 Å². The van der Waals surface area contributed by atoms with Crippen molar-refractivity contribution in [2.75, 3.05) is 13.1 Å². The summed E-state index contributed by atoms with van der Waals surface area (Å²) in [6.45, 7) is 1.62. The summed E-state index contributed by atoms with van der Waals surface area (Å²) in [5.41, 5.74) is 7.30. The predicted molar refractivity (Wildman–Crippen MR) is 153 cm³/mol. The van der Waals surface area contributed by atoms with Gasteiger partial charge in [0.15, 0.2) is 11.0 Å². The number of hydrogen-bond donors (Lipinski definition) is 4. The Hall–Kier alpha value is -4.36. The van der Waals surface area contributed by atoms with Crippen LogP contribution in [0.2, 0.25) is 0 Å². The van der Waals surface area contributed by atoms with Gasteiger partial charge in [0.2, 0.25) is 17.6 Å². The first-order valence-electron chi connectivity index (χ1n) is 13.1. The molecule has 13 heteroatoms. The Labute approximate surface area is 240 Å². The maximum absolute atomic E-state index is 13.5. The molecule has 1 aliphatic rings. The number of nitrogens with two attached hydrogens (primary N) is 1. The van der Waals surface area contributed by atoms with E-state index in [2.05, 4.69) is 20.6 Å².